The predicted octanol–water partition coefficient (Wildman–Crippen LogP) is 2.22. The Morgan fingerprint density at radius 1 is 1.05 bits per heavy atom. The fourth-order valence-corrected chi connectivity index (χ4v) is 1.74. The molecule has 0 aliphatic rings. The van der Waals surface area contributed by atoms with Gasteiger partial charge in [0.1, 0.15) is 29.7 Å². The van der Waals surface area contributed by atoms with Crippen LogP contribution >= 0.6 is 0 Å². The van der Waals surface area contributed by atoms with E-state index in [2.05, 4.69) is 5.32 Å². The minimum Gasteiger partial charge on any atom is -0.497 e. The summed E-state index contributed by atoms with van der Waals surface area (Å²) in [5.74, 6) is 0.572. The van der Waals surface area contributed by atoms with Crippen molar-refractivity contribution in [2.24, 2.45) is 0 Å². The summed E-state index contributed by atoms with van der Waals surface area (Å²) in [4.78, 5) is 0. The minimum absolute atomic E-state index is 0.151. The third-order valence-electron chi connectivity index (χ3n) is 2.79. The van der Waals surface area contributed by atoms with Crippen molar-refractivity contribution in [3.8, 4) is 24.0 Å². The van der Waals surface area contributed by atoms with Gasteiger partial charge in [0.05, 0.1) is 7.11 Å². The van der Waals surface area contributed by atoms with Gasteiger partial charge in [-0.1, -0.05) is 0 Å². The molecule has 0 aliphatic heterocycles. The van der Waals surface area contributed by atoms with Crippen LogP contribution in [0.2, 0.25) is 0 Å². The van der Waals surface area contributed by atoms with E-state index in [1.807, 2.05) is 0 Å². The molecule has 1 N–H and O–H groups in total. The molecular weight excluding hydrogens is 284 g/mol. The molecule has 0 atom stereocenters. The number of nitrogens with zero attached hydrogens (tertiary/aromatic N) is 3. The Hall–Kier alpha value is -3.05. The molecule has 1 aromatic rings. The summed E-state index contributed by atoms with van der Waals surface area (Å²) in [6.45, 7) is 0. The van der Waals surface area contributed by atoms with E-state index in [4.69, 9.17) is 30.0 Å². The van der Waals surface area contributed by atoms with Gasteiger partial charge >= 0.3 is 0 Å². The SMILES string of the molecule is COc1ccc(NC(C#N)=C(C#N)C#N)c(C(OC)OC)c1. The average Bonchev–Trinajstić information content (AvgIpc) is 2.56. The van der Waals surface area contributed by atoms with Crippen LogP contribution in [0.3, 0.4) is 0 Å². The van der Waals surface area contributed by atoms with Crippen LogP contribution in [-0.4, -0.2) is 21.3 Å². The maximum absolute atomic E-state index is 9.10. The minimum atomic E-state index is -0.704. The molecule has 1 rings (SSSR count). The lowest BCUT2D eigenvalue weighted by molar-refractivity contribution is -0.105. The van der Waals surface area contributed by atoms with Gasteiger partial charge < -0.3 is 19.5 Å². The number of benzene rings is 1. The quantitative estimate of drug-likeness (QED) is 0.633. The summed E-state index contributed by atoms with van der Waals surface area (Å²) in [6.07, 6.45) is -0.704. The smallest absolute Gasteiger partial charge is 0.185 e. The van der Waals surface area contributed by atoms with E-state index in [1.165, 1.54) is 21.3 Å². The Morgan fingerprint density at radius 3 is 2.14 bits per heavy atom. The molecule has 0 bridgehead atoms. The molecule has 1 aromatic carbocycles. The largest absolute Gasteiger partial charge is 0.497 e. The first-order valence-electron chi connectivity index (χ1n) is 6.10. The van der Waals surface area contributed by atoms with Gasteiger partial charge in [-0.05, 0) is 18.2 Å². The van der Waals surface area contributed by atoms with E-state index in [-0.39, 0.29) is 11.3 Å². The lowest BCUT2D eigenvalue weighted by Gasteiger charge is -2.19. The van der Waals surface area contributed by atoms with Gasteiger partial charge in [0.2, 0.25) is 0 Å². The zero-order valence-corrected chi connectivity index (χ0v) is 12.4. The Labute approximate surface area is 128 Å². The van der Waals surface area contributed by atoms with E-state index in [9.17, 15) is 0 Å². The second-order valence-electron chi connectivity index (χ2n) is 3.97. The van der Waals surface area contributed by atoms with Crippen LogP contribution in [0.25, 0.3) is 0 Å². The highest BCUT2D eigenvalue weighted by Gasteiger charge is 2.17. The molecule has 0 amide bonds. The van der Waals surface area contributed by atoms with Crippen molar-refractivity contribution in [2.75, 3.05) is 26.6 Å². The molecule has 7 heteroatoms. The molecule has 0 fully saturated rings. The van der Waals surface area contributed by atoms with Gasteiger partial charge in [-0.2, -0.15) is 15.8 Å². The summed E-state index contributed by atoms with van der Waals surface area (Å²) in [6, 6.07) is 10.1. The highest BCUT2D eigenvalue weighted by atomic mass is 16.7. The zero-order valence-electron chi connectivity index (χ0n) is 12.4. The number of methoxy groups -OCH3 is 3. The van der Waals surface area contributed by atoms with Crippen molar-refractivity contribution in [3.63, 3.8) is 0 Å². The topological polar surface area (TPSA) is 111 Å². The van der Waals surface area contributed by atoms with E-state index < -0.39 is 6.29 Å². The lowest BCUT2D eigenvalue weighted by Crippen LogP contribution is -2.10. The average molecular weight is 298 g/mol. The van der Waals surface area contributed by atoms with Crippen molar-refractivity contribution >= 4 is 5.69 Å². The third kappa shape index (κ3) is 3.74. The third-order valence-corrected chi connectivity index (χ3v) is 2.79. The summed E-state index contributed by atoms with van der Waals surface area (Å²) < 4.78 is 15.6. The zero-order chi connectivity index (χ0) is 16.5. The summed E-state index contributed by atoms with van der Waals surface area (Å²) in [5.41, 5.74) is 0.569. The van der Waals surface area contributed by atoms with Crippen LogP contribution in [0.1, 0.15) is 11.9 Å². The van der Waals surface area contributed by atoms with Gasteiger partial charge in [0.25, 0.3) is 0 Å². The number of ether oxygens (including phenoxy) is 3. The summed E-state index contributed by atoms with van der Waals surface area (Å²) in [7, 11) is 4.45. The fraction of sp³-hybridized carbons (Fsp3) is 0.267. The van der Waals surface area contributed by atoms with E-state index in [0.29, 0.717) is 17.0 Å². The van der Waals surface area contributed by atoms with E-state index in [0.717, 1.165) is 0 Å². The number of allylic oxidation sites excluding steroid dienone is 2. The second kappa shape index (κ2) is 8.28. The molecule has 0 unspecified atom stereocenters. The van der Waals surface area contributed by atoms with Crippen LogP contribution in [0.4, 0.5) is 5.69 Å². The number of nitrogens with one attached hydrogen (secondary N) is 1. The van der Waals surface area contributed by atoms with Crippen LogP contribution in [0, 0.1) is 34.0 Å². The number of anilines is 1. The number of nitriles is 3. The Balaban J connectivity index is 3.37. The summed E-state index contributed by atoms with van der Waals surface area (Å²) >= 11 is 0. The Morgan fingerprint density at radius 2 is 1.68 bits per heavy atom. The van der Waals surface area contributed by atoms with Crippen LogP contribution in [-0.2, 0) is 9.47 Å². The number of hydrogen-bond donors (Lipinski definition) is 1. The first-order chi connectivity index (χ1) is 10.6. The molecule has 7 nitrogen and oxygen atoms in total. The van der Waals surface area contributed by atoms with Gasteiger partial charge in [-0.15, -0.1) is 0 Å². The van der Waals surface area contributed by atoms with E-state index >= 15 is 0 Å². The van der Waals surface area contributed by atoms with Gasteiger partial charge in [0.15, 0.2) is 11.9 Å². The van der Waals surface area contributed by atoms with Crippen LogP contribution < -0.4 is 10.1 Å². The molecule has 0 saturated heterocycles. The van der Waals surface area contributed by atoms with Gasteiger partial charge in [-0.25, -0.2) is 0 Å². The highest BCUT2D eigenvalue weighted by molar-refractivity contribution is 5.63. The lowest BCUT2D eigenvalue weighted by atomic mass is 10.1. The van der Waals surface area contributed by atoms with Crippen molar-refractivity contribution in [3.05, 3.63) is 35.0 Å². The van der Waals surface area contributed by atoms with Crippen molar-refractivity contribution < 1.29 is 14.2 Å². The predicted molar refractivity (Wildman–Crippen MR) is 77.2 cm³/mol. The second-order valence-corrected chi connectivity index (χ2v) is 3.97. The fourth-order valence-electron chi connectivity index (χ4n) is 1.74. The first-order valence-corrected chi connectivity index (χ1v) is 6.10. The molecule has 0 heterocycles. The molecule has 0 saturated carbocycles. The molecular formula is C15H14N4O3. The number of rotatable bonds is 6. The summed E-state index contributed by atoms with van der Waals surface area (Å²) in [5, 5.41) is 29.6. The molecule has 0 aliphatic carbocycles. The molecule has 112 valence electrons. The Kier molecular flexibility index (Phi) is 6.40. The maximum atomic E-state index is 9.10. The highest BCUT2D eigenvalue weighted by Crippen LogP contribution is 2.31. The Bertz CT molecular complexity index is 672. The standard InChI is InChI=1S/C15H14N4O3/c1-20-11-4-5-13(12(6-11)15(21-2)22-3)19-14(9-18)10(7-16)8-17/h4-6,15,19H,1-3H3. The van der Waals surface area contributed by atoms with Crippen LogP contribution in [0.15, 0.2) is 29.5 Å². The normalized spacial score (nSPS) is 9.32. The van der Waals surface area contributed by atoms with E-state index in [1.54, 1.807) is 36.4 Å². The van der Waals surface area contributed by atoms with Crippen molar-refractivity contribution in [1.82, 2.24) is 0 Å². The van der Waals surface area contributed by atoms with Crippen molar-refractivity contribution in [1.29, 1.82) is 15.8 Å². The monoisotopic (exact) mass is 298 g/mol. The molecule has 0 aromatic heterocycles. The first kappa shape index (κ1) is 17.0. The van der Waals surface area contributed by atoms with Crippen LogP contribution in [0.5, 0.6) is 5.75 Å². The van der Waals surface area contributed by atoms with Gasteiger partial charge in [0, 0.05) is 25.5 Å². The van der Waals surface area contributed by atoms with Crippen molar-refractivity contribution in [2.45, 2.75) is 6.29 Å². The number of hydrogen-bond acceptors (Lipinski definition) is 7. The van der Waals surface area contributed by atoms with Gasteiger partial charge in [-0.3, -0.25) is 0 Å². The molecule has 0 radical (unpaired) electrons. The molecule has 0 spiro atoms. The maximum Gasteiger partial charge on any atom is 0.185 e. The molecule has 22 heavy (non-hydrogen) atoms.